The molecule has 92 valence electrons. The summed E-state index contributed by atoms with van der Waals surface area (Å²) in [4.78, 5) is 16.0. The highest BCUT2D eigenvalue weighted by atomic mass is 16.6. The van der Waals surface area contributed by atoms with Crippen LogP contribution in [-0.2, 0) is 16.1 Å². The lowest BCUT2D eigenvalue weighted by Gasteiger charge is -2.26. The SMILES string of the molecule is CN1C(=O)CCN1c1ccc(CCON)cc1. The van der Waals surface area contributed by atoms with Crippen LogP contribution in [0.2, 0.25) is 0 Å². The molecule has 5 nitrogen and oxygen atoms in total. The van der Waals surface area contributed by atoms with Gasteiger partial charge >= 0.3 is 0 Å². The third-order valence-electron chi connectivity index (χ3n) is 3.00. The molecule has 0 saturated carbocycles. The smallest absolute Gasteiger partial charge is 0.242 e. The molecule has 1 aliphatic rings. The largest absolute Gasteiger partial charge is 0.304 e. The first-order valence-electron chi connectivity index (χ1n) is 5.67. The van der Waals surface area contributed by atoms with Gasteiger partial charge in [-0.25, -0.2) is 5.90 Å². The molecule has 0 aliphatic carbocycles. The van der Waals surface area contributed by atoms with Gasteiger partial charge in [0.25, 0.3) is 0 Å². The number of hydrogen-bond donors (Lipinski definition) is 1. The highest BCUT2D eigenvalue weighted by Crippen LogP contribution is 2.21. The fraction of sp³-hybridized carbons (Fsp3) is 0.417. The van der Waals surface area contributed by atoms with Crippen molar-refractivity contribution in [1.82, 2.24) is 5.01 Å². The van der Waals surface area contributed by atoms with Crippen LogP contribution in [-0.4, -0.2) is 31.1 Å². The first kappa shape index (κ1) is 11.9. The van der Waals surface area contributed by atoms with Crippen LogP contribution in [0.5, 0.6) is 0 Å². The van der Waals surface area contributed by atoms with Gasteiger partial charge < -0.3 is 4.84 Å². The van der Waals surface area contributed by atoms with E-state index in [1.165, 1.54) is 5.56 Å². The Morgan fingerprint density at radius 3 is 2.59 bits per heavy atom. The van der Waals surface area contributed by atoms with Crippen molar-refractivity contribution in [2.24, 2.45) is 5.90 Å². The van der Waals surface area contributed by atoms with Crippen LogP contribution < -0.4 is 10.9 Å². The molecular formula is C12H17N3O2. The van der Waals surface area contributed by atoms with E-state index < -0.39 is 0 Å². The Labute approximate surface area is 101 Å². The zero-order valence-electron chi connectivity index (χ0n) is 9.93. The molecule has 0 aromatic heterocycles. The van der Waals surface area contributed by atoms with Crippen LogP contribution >= 0.6 is 0 Å². The minimum atomic E-state index is 0.158. The lowest BCUT2D eigenvalue weighted by Crippen LogP contribution is -2.35. The van der Waals surface area contributed by atoms with Crippen LogP contribution in [0.3, 0.4) is 0 Å². The molecule has 1 amide bonds. The number of benzene rings is 1. The predicted octanol–water partition coefficient (Wildman–Crippen LogP) is 0.703. The van der Waals surface area contributed by atoms with E-state index in [0.29, 0.717) is 13.0 Å². The minimum absolute atomic E-state index is 0.158. The van der Waals surface area contributed by atoms with E-state index in [9.17, 15) is 4.79 Å². The van der Waals surface area contributed by atoms with E-state index in [0.717, 1.165) is 18.7 Å². The Bertz CT molecular complexity index is 391. The van der Waals surface area contributed by atoms with Gasteiger partial charge in [0.15, 0.2) is 0 Å². The number of anilines is 1. The second-order valence-corrected chi connectivity index (χ2v) is 4.08. The van der Waals surface area contributed by atoms with Crippen molar-refractivity contribution in [3.05, 3.63) is 29.8 Å². The Hall–Kier alpha value is -1.59. The van der Waals surface area contributed by atoms with Crippen LogP contribution in [0.1, 0.15) is 12.0 Å². The maximum absolute atomic E-state index is 11.4. The Morgan fingerprint density at radius 1 is 1.35 bits per heavy atom. The molecule has 0 atom stereocenters. The van der Waals surface area contributed by atoms with E-state index in [4.69, 9.17) is 5.90 Å². The summed E-state index contributed by atoms with van der Waals surface area (Å²) in [7, 11) is 1.80. The van der Waals surface area contributed by atoms with E-state index >= 15 is 0 Å². The van der Waals surface area contributed by atoms with Gasteiger partial charge in [-0.1, -0.05) is 12.1 Å². The third-order valence-corrected chi connectivity index (χ3v) is 3.00. The van der Waals surface area contributed by atoms with Gasteiger partial charge in [0.05, 0.1) is 12.3 Å². The summed E-state index contributed by atoms with van der Waals surface area (Å²) in [5.74, 6) is 5.14. The summed E-state index contributed by atoms with van der Waals surface area (Å²) in [6, 6.07) is 8.10. The molecule has 1 heterocycles. The van der Waals surface area contributed by atoms with Crippen molar-refractivity contribution < 1.29 is 9.63 Å². The van der Waals surface area contributed by atoms with Gasteiger partial charge in [0.2, 0.25) is 5.91 Å². The fourth-order valence-corrected chi connectivity index (χ4v) is 1.96. The number of nitrogens with zero attached hydrogens (tertiary/aromatic N) is 2. The lowest BCUT2D eigenvalue weighted by molar-refractivity contribution is -0.126. The number of rotatable bonds is 4. The van der Waals surface area contributed by atoms with Crippen LogP contribution in [0.4, 0.5) is 5.69 Å². The van der Waals surface area contributed by atoms with Gasteiger partial charge in [0.1, 0.15) is 0 Å². The van der Waals surface area contributed by atoms with Crippen molar-refractivity contribution in [1.29, 1.82) is 0 Å². The molecule has 1 aromatic carbocycles. The van der Waals surface area contributed by atoms with Gasteiger partial charge in [-0.3, -0.25) is 14.8 Å². The molecule has 0 unspecified atom stereocenters. The van der Waals surface area contributed by atoms with E-state index in [2.05, 4.69) is 4.84 Å². The van der Waals surface area contributed by atoms with Crippen molar-refractivity contribution in [3.63, 3.8) is 0 Å². The van der Waals surface area contributed by atoms with Crippen LogP contribution in [0.15, 0.2) is 24.3 Å². The summed E-state index contributed by atoms with van der Waals surface area (Å²) in [5.41, 5.74) is 2.21. The van der Waals surface area contributed by atoms with Gasteiger partial charge in [-0.15, -0.1) is 0 Å². The highest BCUT2D eigenvalue weighted by molar-refractivity contribution is 5.81. The minimum Gasteiger partial charge on any atom is -0.304 e. The topological polar surface area (TPSA) is 58.8 Å². The molecule has 1 aromatic rings. The van der Waals surface area contributed by atoms with Gasteiger partial charge in [-0.2, -0.15) is 0 Å². The molecule has 17 heavy (non-hydrogen) atoms. The van der Waals surface area contributed by atoms with Crippen molar-refractivity contribution >= 4 is 11.6 Å². The Balaban J connectivity index is 2.05. The first-order valence-corrected chi connectivity index (χ1v) is 5.67. The summed E-state index contributed by atoms with van der Waals surface area (Å²) in [5, 5.41) is 3.64. The van der Waals surface area contributed by atoms with E-state index in [1.54, 1.807) is 12.1 Å². The quantitative estimate of drug-likeness (QED) is 0.781. The van der Waals surface area contributed by atoms with E-state index in [1.807, 2.05) is 29.3 Å². The monoisotopic (exact) mass is 235 g/mol. The fourth-order valence-electron chi connectivity index (χ4n) is 1.96. The average Bonchev–Trinajstić information content (AvgIpc) is 2.68. The number of carbonyl (C=O) groups excluding carboxylic acids is 1. The molecule has 2 rings (SSSR count). The summed E-state index contributed by atoms with van der Waals surface area (Å²) < 4.78 is 0. The molecule has 0 bridgehead atoms. The second-order valence-electron chi connectivity index (χ2n) is 4.08. The molecule has 1 saturated heterocycles. The zero-order chi connectivity index (χ0) is 12.3. The molecule has 5 heteroatoms. The van der Waals surface area contributed by atoms with Crippen molar-refractivity contribution in [3.8, 4) is 0 Å². The summed E-state index contributed by atoms with van der Waals surface area (Å²) in [6.07, 6.45) is 1.38. The highest BCUT2D eigenvalue weighted by Gasteiger charge is 2.25. The van der Waals surface area contributed by atoms with Crippen molar-refractivity contribution in [2.45, 2.75) is 12.8 Å². The van der Waals surface area contributed by atoms with Crippen LogP contribution in [0.25, 0.3) is 0 Å². The summed E-state index contributed by atoms with van der Waals surface area (Å²) in [6.45, 7) is 1.27. The Morgan fingerprint density at radius 2 is 2.06 bits per heavy atom. The molecule has 0 spiro atoms. The summed E-state index contributed by atoms with van der Waals surface area (Å²) >= 11 is 0. The number of hydrazine groups is 1. The maximum Gasteiger partial charge on any atom is 0.242 e. The molecule has 1 aliphatic heterocycles. The van der Waals surface area contributed by atoms with Crippen molar-refractivity contribution in [2.75, 3.05) is 25.2 Å². The lowest BCUT2D eigenvalue weighted by atomic mass is 10.1. The first-order chi connectivity index (χ1) is 8.22. The predicted molar refractivity (Wildman–Crippen MR) is 65.0 cm³/mol. The maximum atomic E-state index is 11.4. The number of hydrogen-bond acceptors (Lipinski definition) is 4. The number of carbonyl (C=O) groups is 1. The van der Waals surface area contributed by atoms with Gasteiger partial charge in [-0.05, 0) is 24.1 Å². The van der Waals surface area contributed by atoms with E-state index in [-0.39, 0.29) is 5.91 Å². The number of nitrogens with two attached hydrogens (primary N) is 1. The molecule has 2 N–H and O–H groups in total. The number of amides is 1. The standard InChI is InChI=1S/C12H17N3O2/c1-14-12(16)6-8-15(14)11-4-2-10(3-5-11)7-9-17-13/h2-5H,6-9,13H2,1H3. The normalized spacial score (nSPS) is 15.8. The zero-order valence-corrected chi connectivity index (χ0v) is 9.93. The van der Waals surface area contributed by atoms with Crippen LogP contribution in [0, 0.1) is 0 Å². The second kappa shape index (κ2) is 5.16. The average molecular weight is 235 g/mol. The molecule has 1 fully saturated rings. The third kappa shape index (κ3) is 2.57. The molecule has 0 radical (unpaired) electrons. The molecular weight excluding hydrogens is 218 g/mol. The Kier molecular flexibility index (Phi) is 3.61. The van der Waals surface area contributed by atoms with Gasteiger partial charge in [0, 0.05) is 20.0 Å².